The standard InChI is InChI=1S/C23H23FN2O3S/c1-4-28-19-12-6-16(14-20(19)29-5-2)7-13-21(27)25-23-26-22(15(3)30-23)17-8-10-18(24)11-9-17/h6-14H,4-5H2,1-3H3,(H,25,26,27)/b13-7+. The Labute approximate surface area is 179 Å². The summed E-state index contributed by atoms with van der Waals surface area (Å²) in [5.74, 6) is 0.724. The second kappa shape index (κ2) is 10.0. The molecule has 5 nitrogen and oxygen atoms in total. The summed E-state index contributed by atoms with van der Waals surface area (Å²) in [5, 5.41) is 3.27. The molecule has 3 aromatic rings. The predicted molar refractivity (Wildman–Crippen MR) is 119 cm³/mol. The summed E-state index contributed by atoms with van der Waals surface area (Å²) < 4.78 is 24.3. The molecule has 0 fully saturated rings. The molecule has 0 radical (unpaired) electrons. The molecule has 0 spiro atoms. The van der Waals surface area contributed by atoms with Gasteiger partial charge in [-0.15, -0.1) is 11.3 Å². The third kappa shape index (κ3) is 5.45. The van der Waals surface area contributed by atoms with Crippen LogP contribution in [0.25, 0.3) is 17.3 Å². The zero-order chi connectivity index (χ0) is 21.5. The number of amides is 1. The van der Waals surface area contributed by atoms with Gasteiger partial charge in [0.15, 0.2) is 16.6 Å². The van der Waals surface area contributed by atoms with Crippen LogP contribution in [0.5, 0.6) is 11.5 Å². The molecule has 0 aliphatic carbocycles. The largest absolute Gasteiger partial charge is 0.490 e. The third-order valence-electron chi connectivity index (χ3n) is 4.14. The number of carbonyl (C=O) groups is 1. The Hall–Kier alpha value is -3.19. The number of nitrogens with zero attached hydrogens (tertiary/aromatic N) is 1. The van der Waals surface area contributed by atoms with Crippen molar-refractivity contribution >= 4 is 28.5 Å². The lowest BCUT2D eigenvalue weighted by atomic mass is 10.1. The fraction of sp³-hybridized carbons (Fsp3) is 0.217. The highest BCUT2D eigenvalue weighted by Gasteiger charge is 2.11. The van der Waals surface area contributed by atoms with Crippen molar-refractivity contribution in [2.75, 3.05) is 18.5 Å². The van der Waals surface area contributed by atoms with Gasteiger partial charge in [-0.3, -0.25) is 10.1 Å². The highest BCUT2D eigenvalue weighted by atomic mass is 32.1. The van der Waals surface area contributed by atoms with Crippen LogP contribution in [0.3, 0.4) is 0 Å². The fourth-order valence-electron chi connectivity index (χ4n) is 2.82. The molecular formula is C23H23FN2O3S. The van der Waals surface area contributed by atoms with E-state index >= 15 is 0 Å². The molecule has 0 atom stereocenters. The van der Waals surface area contributed by atoms with Gasteiger partial charge in [-0.25, -0.2) is 9.37 Å². The monoisotopic (exact) mass is 426 g/mol. The van der Waals surface area contributed by atoms with E-state index < -0.39 is 0 Å². The van der Waals surface area contributed by atoms with E-state index in [2.05, 4.69) is 10.3 Å². The Bertz CT molecular complexity index is 1050. The molecule has 1 N–H and O–H groups in total. The lowest BCUT2D eigenvalue weighted by Crippen LogP contribution is -2.07. The summed E-state index contributed by atoms with van der Waals surface area (Å²) >= 11 is 1.37. The molecule has 7 heteroatoms. The van der Waals surface area contributed by atoms with Gasteiger partial charge in [0.2, 0.25) is 5.91 Å². The van der Waals surface area contributed by atoms with E-state index in [1.165, 1.54) is 29.5 Å². The first-order valence-corrected chi connectivity index (χ1v) is 10.4. The second-order valence-corrected chi connectivity index (χ2v) is 7.53. The Morgan fingerprint density at radius 2 is 1.80 bits per heavy atom. The number of thiazole rings is 1. The molecule has 156 valence electrons. The minimum atomic E-state index is -0.299. The topological polar surface area (TPSA) is 60.5 Å². The van der Waals surface area contributed by atoms with Crippen molar-refractivity contribution in [3.63, 3.8) is 0 Å². The zero-order valence-corrected chi connectivity index (χ0v) is 17.9. The molecule has 0 saturated heterocycles. The van der Waals surface area contributed by atoms with Crippen molar-refractivity contribution in [2.24, 2.45) is 0 Å². The van der Waals surface area contributed by atoms with E-state index in [-0.39, 0.29) is 11.7 Å². The number of hydrogen-bond donors (Lipinski definition) is 1. The van der Waals surface area contributed by atoms with Gasteiger partial charge in [-0.1, -0.05) is 6.07 Å². The van der Waals surface area contributed by atoms with Crippen molar-refractivity contribution in [3.8, 4) is 22.8 Å². The van der Waals surface area contributed by atoms with Crippen LogP contribution < -0.4 is 14.8 Å². The van der Waals surface area contributed by atoms with Crippen molar-refractivity contribution in [1.82, 2.24) is 4.98 Å². The molecule has 1 heterocycles. The number of carbonyl (C=O) groups excluding carboxylic acids is 1. The Morgan fingerprint density at radius 1 is 1.10 bits per heavy atom. The lowest BCUT2D eigenvalue weighted by molar-refractivity contribution is -0.111. The SMILES string of the molecule is CCOc1ccc(/C=C/C(=O)Nc2nc(-c3ccc(F)cc3)c(C)s2)cc1OCC. The van der Waals surface area contributed by atoms with Crippen molar-refractivity contribution in [2.45, 2.75) is 20.8 Å². The highest BCUT2D eigenvalue weighted by molar-refractivity contribution is 7.16. The number of benzene rings is 2. The van der Waals surface area contributed by atoms with Crippen LogP contribution in [0.4, 0.5) is 9.52 Å². The van der Waals surface area contributed by atoms with E-state index in [0.29, 0.717) is 29.8 Å². The Morgan fingerprint density at radius 3 is 2.50 bits per heavy atom. The number of hydrogen-bond acceptors (Lipinski definition) is 5. The van der Waals surface area contributed by atoms with Crippen LogP contribution in [0.2, 0.25) is 0 Å². The number of aryl methyl sites for hydroxylation is 1. The Kier molecular flexibility index (Phi) is 7.19. The van der Waals surface area contributed by atoms with Crippen LogP contribution in [-0.2, 0) is 4.79 Å². The third-order valence-corrected chi connectivity index (χ3v) is 5.03. The lowest BCUT2D eigenvalue weighted by Gasteiger charge is -2.11. The van der Waals surface area contributed by atoms with Crippen LogP contribution in [-0.4, -0.2) is 24.1 Å². The first-order chi connectivity index (χ1) is 14.5. The van der Waals surface area contributed by atoms with Crippen molar-refractivity contribution in [1.29, 1.82) is 0 Å². The molecule has 1 amide bonds. The number of halogens is 1. The maximum atomic E-state index is 13.1. The van der Waals surface area contributed by atoms with E-state index in [1.807, 2.05) is 39.0 Å². The molecular weight excluding hydrogens is 403 g/mol. The minimum absolute atomic E-state index is 0.291. The summed E-state index contributed by atoms with van der Waals surface area (Å²) in [7, 11) is 0. The van der Waals surface area contributed by atoms with E-state index in [0.717, 1.165) is 21.7 Å². The normalized spacial score (nSPS) is 10.9. The molecule has 0 bridgehead atoms. The molecule has 0 unspecified atom stereocenters. The van der Waals surface area contributed by atoms with E-state index in [4.69, 9.17) is 9.47 Å². The number of nitrogens with one attached hydrogen (secondary N) is 1. The second-order valence-electron chi connectivity index (χ2n) is 6.33. The molecule has 3 rings (SSSR count). The minimum Gasteiger partial charge on any atom is -0.490 e. The highest BCUT2D eigenvalue weighted by Crippen LogP contribution is 2.31. The number of rotatable bonds is 8. The zero-order valence-electron chi connectivity index (χ0n) is 17.1. The quantitative estimate of drug-likeness (QED) is 0.469. The number of ether oxygens (including phenoxy) is 2. The first-order valence-electron chi connectivity index (χ1n) is 9.62. The van der Waals surface area contributed by atoms with Crippen LogP contribution in [0.15, 0.2) is 48.5 Å². The summed E-state index contributed by atoms with van der Waals surface area (Å²) in [5.41, 5.74) is 2.35. The van der Waals surface area contributed by atoms with Gasteiger partial charge in [0.05, 0.1) is 18.9 Å². The van der Waals surface area contributed by atoms with E-state index in [9.17, 15) is 9.18 Å². The van der Waals surface area contributed by atoms with Gasteiger partial charge in [0.25, 0.3) is 0 Å². The summed E-state index contributed by atoms with van der Waals surface area (Å²) in [4.78, 5) is 17.7. The predicted octanol–water partition coefficient (Wildman–Crippen LogP) is 5.71. The molecule has 0 aliphatic heterocycles. The van der Waals surface area contributed by atoms with Gasteiger partial charge in [-0.05, 0) is 68.8 Å². The fourth-order valence-corrected chi connectivity index (χ4v) is 3.65. The molecule has 30 heavy (non-hydrogen) atoms. The molecule has 2 aromatic carbocycles. The average Bonchev–Trinajstić information content (AvgIpc) is 3.09. The van der Waals surface area contributed by atoms with Crippen LogP contribution in [0.1, 0.15) is 24.3 Å². The maximum Gasteiger partial charge on any atom is 0.250 e. The molecule has 0 aliphatic rings. The van der Waals surface area contributed by atoms with Gasteiger partial charge < -0.3 is 9.47 Å². The van der Waals surface area contributed by atoms with Gasteiger partial charge in [0, 0.05) is 16.5 Å². The van der Waals surface area contributed by atoms with Gasteiger partial charge >= 0.3 is 0 Å². The number of aromatic nitrogens is 1. The molecule has 0 saturated carbocycles. The summed E-state index contributed by atoms with van der Waals surface area (Å²) in [6, 6.07) is 11.6. The number of anilines is 1. The van der Waals surface area contributed by atoms with Crippen molar-refractivity contribution in [3.05, 3.63) is 64.8 Å². The van der Waals surface area contributed by atoms with Crippen molar-refractivity contribution < 1.29 is 18.7 Å². The summed E-state index contributed by atoms with van der Waals surface area (Å²) in [6.45, 7) is 6.80. The van der Waals surface area contributed by atoms with Gasteiger partial charge in [0.1, 0.15) is 5.82 Å². The average molecular weight is 427 g/mol. The van der Waals surface area contributed by atoms with Crippen LogP contribution in [0, 0.1) is 12.7 Å². The van der Waals surface area contributed by atoms with Gasteiger partial charge in [-0.2, -0.15) is 0 Å². The molecule has 1 aromatic heterocycles. The summed E-state index contributed by atoms with van der Waals surface area (Å²) in [6.07, 6.45) is 3.15. The Balaban J connectivity index is 1.70. The maximum absolute atomic E-state index is 13.1. The van der Waals surface area contributed by atoms with E-state index in [1.54, 1.807) is 18.2 Å². The smallest absolute Gasteiger partial charge is 0.250 e. The first kappa shape index (κ1) is 21.5. The van der Waals surface area contributed by atoms with Crippen LogP contribution >= 0.6 is 11.3 Å².